The molecule has 6 heteroatoms. The number of carbonyl (C=O) groups is 2. The van der Waals surface area contributed by atoms with Gasteiger partial charge < -0.3 is 16.4 Å². The first-order valence-electron chi connectivity index (χ1n) is 8.25. The van der Waals surface area contributed by atoms with Gasteiger partial charge in [0.25, 0.3) is 0 Å². The van der Waals surface area contributed by atoms with Gasteiger partial charge in [0, 0.05) is 16.6 Å². The van der Waals surface area contributed by atoms with Crippen molar-refractivity contribution < 1.29 is 9.59 Å². The van der Waals surface area contributed by atoms with Gasteiger partial charge in [0.05, 0.1) is 5.75 Å². The lowest BCUT2D eigenvalue weighted by Crippen LogP contribution is -2.35. The summed E-state index contributed by atoms with van der Waals surface area (Å²) in [7, 11) is 0. The van der Waals surface area contributed by atoms with Gasteiger partial charge >= 0.3 is 0 Å². The molecule has 4 N–H and O–H groups in total. The third kappa shape index (κ3) is 5.00. The fraction of sp³-hybridized carbons (Fsp3) is 0.263. The second kappa shape index (κ2) is 8.07. The predicted molar refractivity (Wildman–Crippen MR) is 100 cm³/mol. The minimum absolute atomic E-state index is 0.0385. The van der Waals surface area contributed by atoms with Crippen LogP contribution in [0.2, 0.25) is 0 Å². The number of primary amides is 1. The maximum absolute atomic E-state index is 12.7. The highest BCUT2D eigenvalue weighted by Gasteiger charge is 2.28. The van der Waals surface area contributed by atoms with E-state index >= 15 is 0 Å². The van der Waals surface area contributed by atoms with E-state index in [1.165, 1.54) is 11.8 Å². The van der Waals surface area contributed by atoms with Crippen molar-refractivity contribution in [2.75, 3.05) is 11.1 Å². The molecule has 0 saturated heterocycles. The molecule has 1 fully saturated rings. The van der Waals surface area contributed by atoms with Crippen molar-refractivity contribution in [3.05, 3.63) is 60.2 Å². The number of anilines is 1. The zero-order valence-electron chi connectivity index (χ0n) is 13.8. The SMILES string of the molecule is NC(=O)CSc1ccccc1N[C@@H](C(=O)NC1CC1)c1ccccc1. The van der Waals surface area contributed by atoms with Gasteiger partial charge in [-0.3, -0.25) is 9.59 Å². The summed E-state index contributed by atoms with van der Waals surface area (Å²) < 4.78 is 0. The van der Waals surface area contributed by atoms with E-state index in [4.69, 9.17) is 5.73 Å². The van der Waals surface area contributed by atoms with Crippen LogP contribution in [0.15, 0.2) is 59.5 Å². The number of nitrogens with two attached hydrogens (primary N) is 1. The van der Waals surface area contributed by atoms with Crippen molar-refractivity contribution >= 4 is 29.3 Å². The predicted octanol–water partition coefficient (Wildman–Crippen LogP) is 2.70. The van der Waals surface area contributed by atoms with Crippen LogP contribution in [0.5, 0.6) is 0 Å². The Kier molecular flexibility index (Phi) is 5.60. The zero-order chi connectivity index (χ0) is 17.6. The monoisotopic (exact) mass is 355 g/mol. The lowest BCUT2D eigenvalue weighted by Gasteiger charge is -2.21. The highest BCUT2D eigenvalue weighted by atomic mass is 32.2. The first-order chi connectivity index (χ1) is 12.1. The summed E-state index contributed by atoms with van der Waals surface area (Å²) >= 11 is 1.36. The zero-order valence-corrected chi connectivity index (χ0v) is 14.6. The minimum atomic E-state index is -0.489. The molecule has 1 aliphatic carbocycles. The van der Waals surface area contributed by atoms with Crippen LogP contribution in [0.1, 0.15) is 24.4 Å². The van der Waals surface area contributed by atoms with Gasteiger partial charge in [-0.25, -0.2) is 0 Å². The van der Waals surface area contributed by atoms with E-state index in [1.807, 2.05) is 54.6 Å². The van der Waals surface area contributed by atoms with Crippen LogP contribution in [0.4, 0.5) is 5.69 Å². The Bertz CT molecular complexity index is 747. The van der Waals surface area contributed by atoms with Crippen molar-refractivity contribution in [3.63, 3.8) is 0 Å². The number of carbonyl (C=O) groups excluding carboxylic acids is 2. The van der Waals surface area contributed by atoms with Gasteiger partial charge in [-0.05, 0) is 30.5 Å². The number of rotatable bonds is 8. The van der Waals surface area contributed by atoms with Crippen LogP contribution in [0.25, 0.3) is 0 Å². The van der Waals surface area contributed by atoms with Gasteiger partial charge in [0.1, 0.15) is 6.04 Å². The summed E-state index contributed by atoms with van der Waals surface area (Å²) in [6.45, 7) is 0. The standard InChI is InChI=1S/C19H21N3O2S/c20-17(23)12-25-16-9-5-4-8-15(16)22-18(13-6-2-1-3-7-13)19(24)21-14-10-11-14/h1-9,14,18,22H,10-12H2,(H2,20,23)(H,21,24)/t18-/m1/s1. The molecule has 0 aliphatic heterocycles. The molecule has 3 rings (SSSR count). The number of hydrogen-bond donors (Lipinski definition) is 3. The molecule has 0 aromatic heterocycles. The number of nitrogens with one attached hydrogen (secondary N) is 2. The Labute approximate surface area is 151 Å². The van der Waals surface area contributed by atoms with Crippen LogP contribution in [-0.4, -0.2) is 23.6 Å². The highest BCUT2D eigenvalue weighted by molar-refractivity contribution is 8.00. The van der Waals surface area contributed by atoms with E-state index in [2.05, 4.69) is 10.6 Å². The molecular formula is C19H21N3O2S. The Hall–Kier alpha value is -2.47. The minimum Gasteiger partial charge on any atom is -0.369 e. The fourth-order valence-electron chi connectivity index (χ4n) is 2.47. The average molecular weight is 355 g/mol. The van der Waals surface area contributed by atoms with Crippen molar-refractivity contribution in [1.29, 1.82) is 0 Å². The fourth-order valence-corrected chi connectivity index (χ4v) is 3.23. The maximum Gasteiger partial charge on any atom is 0.247 e. The first kappa shape index (κ1) is 17.4. The Balaban J connectivity index is 1.82. The van der Waals surface area contributed by atoms with Gasteiger partial charge in [-0.1, -0.05) is 42.5 Å². The smallest absolute Gasteiger partial charge is 0.247 e. The van der Waals surface area contributed by atoms with Crippen LogP contribution in [0.3, 0.4) is 0 Å². The summed E-state index contributed by atoms with van der Waals surface area (Å²) in [6.07, 6.45) is 2.08. The number of para-hydroxylation sites is 1. The van der Waals surface area contributed by atoms with Crippen molar-refractivity contribution in [1.82, 2.24) is 5.32 Å². The van der Waals surface area contributed by atoms with Crippen LogP contribution in [-0.2, 0) is 9.59 Å². The Morgan fingerprint density at radius 2 is 1.76 bits per heavy atom. The second-order valence-electron chi connectivity index (χ2n) is 6.02. The molecular weight excluding hydrogens is 334 g/mol. The number of hydrogen-bond acceptors (Lipinski definition) is 4. The van der Waals surface area contributed by atoms with E-state index in [1.54, 1.807) is 0 Å². The molecule has 1 saturated carbocycles. The molecule has 0 spiro atoms. The summed E-state index contributed by atoms with van der Waals surface area (Å²) in [5.74, 6) is -0.211. The summed E-state index contributed by atoms with van der Waals surface area (Å²) in [4.78, 5) is 24.7. The topological polar surface area (TPSA) is 84.2 Å². The van der Waals surface area contributed by atoms with Crippen LogP contribution in [0, 0.1) is 0 Å². The molecule has 2 aromatic carbocycles. The third-order valence-electron chi connectivity index (χ3n) is 3.88. The molecule has 25 heavy (non-hydrogen) atoms. The molecule has 0 unspecified atom stereocenters. The van der Waals surface area contributed by atoms with Crippen LogP contribution >= 0.6 is 11.8 Å². The molecule has 1 aliphatic rings. The molecule has 0 heterocycles. The second-order valence-corrected chi connectivity index (χ2v) is 7.04. The average Bonchev–Trinajstić information content (AvgIpc) is 3.43. The number of amides is 2. The summed E-state index contributed by atoms with van der Waals surface area (Å²) in [6, 6.07) is 17.1. The van der Waals surface area contributed by atoms with E-state index in [-0.39, 0.29) is 17.6 Å². The quantitative estimate of drug-likeness (QED) is 0.636. The van der Waals surface area contributed by atoms with E-state index in [0.717, 1.165) is 29.0 Å². The van der Waals surface area contributed by atoms with Crippen molar-refractivity contribution in [3.8, 4) is 0 Å². The van der Waals surface area contributed by atoms with Gasteiger partial charge in [-0.15, -0.1) is 11.8 Å². The molecule has 2 amide bonds. The Morgan fingerprint density at radius 3 is 2.44 bits per heavy atom. The molecule has 1 atom stereocenters. The summed E-state index contributed by atoms with van der Waals surface area (Å²) in [5.41, 5.74) is 6.96. The molecule has 130 valence electrons. The normalized spacial score (nSPS) is 14.6. The largest absolute Gasteiger partial charge is 0.369 e. The molecule has 0 radical (unpaired) electrons. The van der Waals surface area contributed by atoms with Crippen molar-refractivity contribution in [2.45, 2.75) is 29.8 Å². The molecule has 5 nitrogen and oxygen atoms in total. The van der Waals surface area contributed by atoms with Gasteiger partial charge in [-0.2, -0.15) is 0 Å². The van der Waals surface area contributed by atoms with Crippen LogP contribution < -0.4 is 16.4 Å². The van der Waals surface area contributed by atoms with E-state index in [9.17, 15) is 9.59 Å². The third-order valence-corrected chi connectivity index (χ3v) is 4.97. The highest BCUT2D eigenvalue weighted by Crippen LogP contribution is 2.30. The molecule has 0 bridgehead atoms. The maximum atomic E-state index is 12.7. The van der Waals surface area contributed by atoms with E-state index < -0.39 is 6.04 Å². The molecule has 2 aromatic rings. The lowest BCUT2D eigenvalue weighted by molar-refractivity contribution is -0.122. The lowest BCUT2D eigenvalue weighted by atomic mass is 10.1. The number of benzene rings is 2. The number of thioether (sulfide) groups is 1. The summed E-state index contributed by atoms with van der Waals surface area (Å²) in [5, 5.41) is 6.40. The van der Waals surface area contributed by atoms with E-state index in [0.29, 0.717) is 6.04 Å². The van der Waals surface area contributed by atoms with Crippen molar-refractivity contribution in [2.24, 2.45) is 5.73 Å². The van der Waals surface area contributed by atoms with Gasteiger partial charge in [0.15, 0.2) is 0 Å². The Morgan fingerprint density at radius 1 is 1.08 bits per heavy atom. The van der Waals surface area contributed by atoms with Gasteiger partial charge in [0.2, 0.25) is 11.8 Å². The first-order valence-corrected chi connectivity index (χ1v) is 9.24.